The van der Waals surface area contributed by atoms with Gasteiger partial charge in [0.25, 0.3) is 5.69 Å². The Bertz CT molecular complexity index is 1230. The largest absolute Gasteiger partial charge is 0.450 e. The molecule has 0 bridgehead atoms. The van der Waals surface area contributed by atoms with Crippen LogP contribution in [-0.4, -0.2) is 9.85 Å². The number of benzene rings is 2. The third-order valence-corrected chi connectivity index (χ3v) is 5.16. The van der Waals surface area contributed by atoms with Crippen molar-refractivity contribution in [2.75, 3.05) is 0 Å². The second-order valence-corrected chi connectivity index (χ2v) is 6.89. The summed E-state index contributed by atoms with van der Waals surface area (Å²) in [4.78, 5) is 33.2. The molecule has 1 heterocycles. The Morgan fingerprint density at radius 2 is 1.66 bits per heavy atom. The lowest BCUT2D eigenvalue weighted by Gasteiger charge is -2.17. The van der Waals surface area contributed by atoms with Gasteiger partial charge in [-0.3, -0.25) is 20.2 Å². The first-order valence-corrected chi connectivity index (χ1v) is 9.05. The van der Waals surface area contributed by atoms with Crippen LogP contribution in [0.5, 0.6) is 11.5 Å². The highest BCUT2D eigenvalue weighted by Crippen LogP contribution is 2.38. The van der Waals surface area contributed by atoms with Crippen LogP contribution in [0.4, 0.5) is 11.4 Å². The zero-order valence-electron chi connectivity index (χ0n) is 15.5. The van der Waals surface area contributed by atoms with Gasteiger partial charge in [-0.15, -0.1) is 0 Å². The van der Waals surface area contributed by atoms with E-state index >= 15 is 0 Å². The number of nitro groups is 2. The van der Waals surface area contributed by atoms with Gasteiger partial charge in [-0.1, -0.05) is 0 Å². The highest BCUT2D eigenvalue weighted by molar-refractivity contribution is 5.86. The highest BCUT2D eigenvalue weighted by Gasteiger charge is 2.24. The molecule has 1 aliphatic carbocycles. The molecular weight excluding hydrogens is 380 g/mol. The Labute approximate surface area is 163 Å². The zero-order valence-corrected chi connectivity index (χ0v) is 15.5. The molecule has 0 amide bonds. The minimum atomic E-state index is -0.741. The highest BCUT2D eigenvalue weighted by atomic mass is 16.6. The molecule has 0 atom stereocenters. The van der Waals surface area contributed by atoms with Crippen molar-refractivity contribution in [3.05, 3.63) is 77.7 Å². The number of ether oxygens (including phenoxy) is 1. The van der Waals surface area contributed by atoms with E-state index in [1.165, 1.54) is 6.07 Å². The van der Waals surface area contributed by atoms with Gasteiger partial charge in [-0.2, -0.15) is 0 Å². The molecule has 148 valence electrons. The number of nitro benzene ring substituents is 2. The van der Waals surface area contributed by atoms with Gasteiger partial charge >= 0.3 is 11.3 Å². The van der Waals surface area contributed by atoms with Crippen molar-refractivity contribution in [1.82, 2.24) is 0 Å². The van der Waals surface area contributed by atoms with Gasteiger partial charge in [0.05, 0.1) is 15.9 Å². The van der Waals surface area contributed by atoms with Crippen molar-refractivity contribution in [3.8, 4) is 11.5 Å². The van der Waals surface area contributed by atoms with E-state index in [9.17, 15) is 25.0 Å². The van der Waals surface area contributed by atoms with E-state index < -0.39 is 21.2 Å². The number of hydrogen-bond donors (Lipinski definition) is 0. The van der Waals surface area contributed by atoms with E-state index in [0.29, 0.717) is 23.1 Å². The molecule has 0 saturated carbocycles. The fraction of sp³-hybridized carbons (Fsp3) is 0.250. The topological polar surface area (TPSA) is 126 Å². The van der Waals surface area contributed by atoms with Gasteiger partial charge in [0.15, 0.2) is 0 Å². The lowest BCUT2D eigenvalue weighted by molar-refractivity contribution is -0.394. The summed E-state index contributed by atoms with van der Waals surface area (Å²) in [5.74, 6) is 0.136. The predicted octanol–water partition coefficient (Wildman–Crippen LogP) is 4.59. The normalized spacial score (nSPS) is 13.1. The first kappa shape index (κ1) is 18.6. The van der Waals surface area contributed by atoms with E-state index in [4.69, 9.17) is 9.15 Å². The number of fused-ring (bicyclic) bond motifs is 3. The summed E-state index contributed by atoms with van der Waals surface area (Å²) >= 11 is 0. The Morgan fingerprint density at radius 1 is 0.966 bits per heavy atom. The molecule has 0 fully saturated rings. The van der Waals surface area contributed by atoms with E-state index in [0.717, 1.165) is 42.3 Å². The second kappa shape index (κ2) is 7.01. The molecule has 1 aliphatic rings. The number of hydrogen-bond acceptors (Lipinski definition) is 7. The maximum Gasteiger partial charge on any atom is 0.339 e. The third-order valence-electron chi connectivity index (χ3n) is 5.16. The number of rotatable bonds is 4. The van der Waals surface area contributed by atoms with E-state index in [1.807, 2.05) is 0 Å². The van der Waals surface area contributed by atoms with Crippen molar-refractivity contribution in [3.63, 3.8) is 0 Å². The van der Waals surface area contributed by atoms with Gasteiger partial charge < -0.3 is 9.15 Å². The molecule has 1 aromatic heterocycles. The van der Waals surface area contributed by atoms with Crippen LogP contribution < -0.4 is 10.4 Å². The van der Waals surface area contributed by atoms with Crippen molar-refractivity contribution in [2.45, 2.75) is 32.6 Å². The van der Waals surface area contributed by atoms with Crippen molar-refractivity contribution >= 4 is 22.3 Å². The van der Waals surface area contributed by atoms with Crippen LogP contribution in [-0.2, 0) is 12.8 Å². The fourth-order valence-electron chi connectivity index (χ4n) is 3.70. The molecule has 0 unspecified atom stereocenters. The maximum absolute atomic E-state index is 12.4. The van der Waals surface area contributed by atoms with Crippen LogP contribution in [0.25, 0.3) is 11.0 Å². The van der Waals surface area contributed by atoms with Crippen molar-refractivity contribution < 1.29 is 19.0 Å². The van der Waals surface area contributed by atoms with E-state index in [2.05, 4.69) is 0 Å². The number of nitrogens with zero attached hydrogens (tertiary/aromatic N) is 2. The lowest BCUT2D eigenvalue weighted by Crippen LogP contribution is -2.16. The van der Waals surface area contributed by atoms with Crippen LogP contribution in [0, 0.1) is 27.2 Å². The zero-order chi connectivity index (χ0) is 20.7. The molecule has 0 spiro atoms. The molecule has 29 heavy (non-hydrogen) atoms. The smallest absolute Gasteiger partial charge is 0.339 e. The summed E-state index contributed by atoms with van der Waals surface area (Å²) in [5.41, 5.74) is 1.32. The van der Waals surface area contributed by atoms with Gasteiger partial charge in [0.2, 0.25) is 5.75 Å². The summed E-state index contributed by atoms with van der Waals surface area (Å²) in [6, 6.07) is 6.61. The van der Waals surface area contributed by atoms with Crippen LogP contribution in [0.1, 0.15) is 29.5 Å². The predicted molar refractivity (Wildman–Crippen MR) is 104 cm³/mol. The SMILES string of the molecule is Cc1c(Oc2ccc([N+](=O)[O-])cc2[N+](=O)[O-])ccc2c3c(c(=O)oc12)CCCC3. The van der Waals surface area contributed by atoms with Gasteiger partial charge in [0, 0.05) is 22.6 Å². The minimum Gasteiger partial charge on any atom is -0.450 e. The quantitative estimate of drug-likeness (QED) is 0.359. The van der Waals surface area contributed by atoms with Gasteiger partial charge in [-0.25, -0.2) is 4.79 Å². The second-order valence-electron chi connectivity index (χ2n) is 6.89. The first-order chi connectivity index (χ1) is 13.9. The van der Waals surface area contributed by atoms with Gasteiger partial charge in [0.1, 0.15) is 11.3 Å². The third kappa shape index (κ3) is 3.20. The number of non-ortho nitro benzene ring substituents is 1. The standard InChI is InChI=1S/C20H16N2O7/c1-11-17(28-18-8-6-12(21(24)25)10-16(18)22(26)27)9-7-14-13-4-2-3-5-15(13)20(23)29-19(11)14/h6-10H,2-5H2,1H3. The lowest BCUT2D eigenvalue weighted by atomic mass is 9.90. The van der Waals surface area contributed by atoms with E-state index in [1.54, 1.807) is 19.1 Å². The summed E-state index contributed by atoms with van der Waals surface area (Å²) in [6.07, 6.45) is 3.44. The molecule has 4 rings (SSSR count). The fourth-order valence-corrected chi connectivity index (χ4v) is 3.70. The molecule has 0 aliphatic heterocycles. The molecule has 9 nitrogen and oxygen atoms in total. The molecule has 3 aromatic rings. The summed E-state index contributed by atoms with van der Waals surface area (Å²) in [6.45, 7) is 1.70. The maximum atomic E-state index is 12.4. The average molecular weight is 396 g/mol. The Balaban J connectivity index is 1.82. The van der Waals surface area contributed by atoms with Crippen LogP contribution >= 0.6 is 0 Å². The first-order valence-electron chi connectivity index (χ1n) is 9.05. The van der Waals surface area contributed by atoms with Crippen LogP contribution in [0.15, 0.2) is 39.5 Å². The van der Waals surface area contributed by atoms with Gasteiger partial charge in [-0.05, 0) is 56.4 Å². The molecule has 2 aromatic carbocycles. The minimum absolute atomic E-state index is 0.136. The Morgan fingerprint density at radius 3 is 2.34 bits per heavy atom. The number of aryl methyl sites for hydroxylation is 2. The van der Waals surface area contributed by atoms with E-state index in [-0.39, 0.29) is 17.1 Å². The molecule has 9 heteroatoms. The average Bonchev–Trinajstić information content (AvgIpc) is 2.70. The monoisotopic (exact) mass is 396 g/mol. The van der Waals surface area contributed by atoms with Crippen LogP contribution in [0.3, 0.4) is 0 Å². The Hall–Kier alpha value is -3.75. The Kier molecular flexibility index (Phi) is 4.50. The molecule has 0 N–H and O–H groups in total. The summed E-state index contributed by atoms with van der Waals surface area (Å²) < 4.78 is 11.2. The van der Waals surface area contributed by atoms with Crippen molar-refractivity contribution in [2.24, 2.45) is 0 Å². The summed E-state index contributed by atoms with van der Waals surface area (Å²) in [5, 5.41) is 23.1. The molecular formula is C20H16N2O7. The molecule has 0 radical (unpaired) electrons. The summed E-state index contributed by atoms with van der Waals surface area (Å²) in [7, 11) is 0. The molecule has 0 saturated heterocycles. The van der Waals surface area contributed by atoms with Crippen LogP contribution in [0.2, 0.25) is 0 Å². The van der Waals surface area contributed by atoms with Crippen molar-refractivity contribution in [1.29, 1.82) is 0 Å².